The van der Waals surface area contributed by atoms with Crippen LogP contribution in [0.4, 0.5) is 0 Å². The zero-order valence-electron chi connectivity index (χ0n) is 7.93. The Hall–Kier alpha value is -0.720. The quantitative estimate of drug-likeness (QED) is 0.549. The molecule has 0 unspecified atom stereocenters. The van der Waals surface area contributed by atoms with Crippen LogP contribution < -0.4 is 0 Å². The highest BCUT2D eigenvalue weighted by molar-refractivity contribution is 5.12. The highest BCUT2D eigenvalue weighted by Gasteiger charge is 1.98. The molecule has 0 bridgehead atoms. The second kappa shape index (κ2) is 6.02. The van der Waals surface area contributed by atoms with Gasteiger partial charge in [0.05, 0.1) is 0 Å². The molecule has 0 aliphatic carbocycles. The molecule has 0 radical (unpaired) electrons. The highest BCUT2D eigenvalue weighted by Crippen LogP contribution is 2.03. The number of hydrogen-bond donors (Lipinski definition) is 0. The van der Waals surface area contributed by atoms with Gasteiger partial charge in [-0.05, 0) is 26.3 Å². The van der Waals surface area contributed by atoms with Crippen LogP contribution in [0.15, 0.2) is 24.4 Å². The molecule has 0 saturated carbocycles. The van der Waals surface area contributed by atoms with Crippen molar-refractivity contribution < 1.29 is 0 Å². The Labute approximate surface area is 70.4 Å². The summed E-state index contributed by atoms with van der Waals surface area (Å²) in [6, 6.07) is 0. The molecular weight excluding hydrogens is 134 g/mol. The Morgan fingerprint density at radius 3 is 2.45 bits per heavy atom. The van der Waals surface area contributed by atoms with Gasteiger partial charge in [0.15, 0.2) is 0 Å². The predicted octanol–water partition coefficient (Wildman–Crippen LogP) is 2.81. The molecule has 0 aromatic heterocycles. The first-order valence-electron chi connectivity index (χ1n) is 4.32. The van der Waals surface area contributed by atoms with E-state index in [4.69, 9.17) is 0 Å². The first kappa shape index (κ1) is 10.3. The maximum atomic E-state index is 3.97. The summed E-state index contributed by atoms with van der Waals surface area (Å²) in [5.74, 6) is 0. The van der Waals surface area contributed by atoms with E-state index in [1.165, 1.54) is 6.42 Å². The molecule has 0 aromatic carbocycles. The van der Waals surface area contributed by atoms with E-state index in [1.807, 2.05) is 13.0 Å². The third-order valence-corrected chi connectivity index (χ3v) is 1.64. The molecule has 0 heterocycles. The van der Waals surface area contributed by atoms with Crippen molar-refractivity contribution in [1.82, 2.24) is 4.90 Å². The molecule has 0 aliphatic heterocycles. The molecule has 0 fully saturated rings. The molecule has 0 rings (SSSR count). The van der Waals surface area contributed by atoms with Gasteiger partial charge in [-0.15, -0.1) is 0 Å². The van der Waals surface area contributed by atoms with Gasteiger partial charge in [-0.3, -0.25) is 0 Å². The van der Waals surface area contributed by atoms with Crippen LogP contribution in [-0.2, 0) is 0 Å². The van der Waals surface area contributed by atoms with Crippen molar-refractivity contribution in [2.45, 2.75) is 27.2 Å². The van der Waals surface area contributed by atoms with E-state index in [0.717, 1.165) is 18.8 Å². The van der Waals surface area contributed by atoms with Gasteiger partial charge in [0.1, 0.15) is 0 Å². The lowest BCUT2D eigenvalue weighted by Crippen LogP contribution is -2.21. The first-order chi connectivity index (χ1) is 5.26. The third kappa shape index (κ3) is 3.87. The minimum absolute atomic E-state index is 1.05. The molecule has 0 spiro atoms. The summed E-state index contributed by atoms with van der Waals surface area (Å²) in [6.07, 6.45) is 5.27. The van der Waals surface area contributed by atoms with Crippen molar-refractivity contribution in [2.24, 2.45) is 0 Å². The molecular formula is C10H19N. The molecule has 0 amide bonds. The summed E-state index contributed by atoms with van der Waals surface area (Å²) < 4.78 is 0. The second-order valence-corrected chi connectivity index (χ2v) is 2.57. The van der Waals surface area contributed by atoms with Crippen molar-refractivity contribution >= 4 is 0 Å². The summed E-state index contributed by atoms with van der Waals surface area (Å²) in [5.41, 5.74) is 1.12. The first-order valence-corrected chi connectivity index (χ1v) is 4.32. The lowest BCUT2D eigenvalue weighted by Gasteiger charge is -2.22. The van der Waals surface area contributed by atoms with Gasteiger partial charge in [-0.1, -0.05) is 19.6 Å². The van der Waals surface area contributed by atoms with Crippen molar-refractivity contribution in [1.29, 1.82) is 0 Å². The van der Waals surface area contributed by atoms with E-state index in [0.29, 0.717) is 0 Å². The van der Waals surface area contributed by atoms with Gasteiger partial charge in [0, 0.05) is 18.8 Å². The smallest absolute Gasteiger partial charge is 0.0289 e. The second-order valence-electron chi connectivity index (χ2n) is 2.57. The average Bonchev–Trinajstić information content (AvgIpc) is 2.00. The van der Waals surface area contributed by atoms with Crippen molar-refractivity contribution in [2.75, 3.05) is 13.1 Å². The number of likely N-dealkylation sites (N-methyl/N-ethyl adjacent to an activating group) is 1. The summed E-state index contributed by atoms with van der Waals surface area (Å²) in [7, 11) is 0. The van der Waals surface area contributed by atoms with Crippen LogP contribution in [0.5, 0.6) is 0 Å². The van der Waals surface area contributed by atoms with Crippen LogP contribution in [0.3, 0.4) is 0 Å². The molecule has 0 N–H and O–H groups in total. The van der Waals surface area contributed by atoms with E-state index >= 15 is 0 Å². The standard InChI is InChI=1S/C10H19N/c1-5-8-10(4)11(7-3)9-6-2/h5,8H,4,6-7,9H2,1-3H3/b8-5-. The monoisotopic (exact) mass is 153 g/mol. The van der Waals surface area contributed by atoms with E-state index < -0.39 is 0 Å². The highest BCUT2D eigenvalue weighted by atomic mass is 15.1. The Bertz CT molecular complexity index is 136. The van der Waals surface area contributed by atoms with E-state index in [9.17, 15) is 0 Å². The largest absolute Gasteiger partial charge is 0.372 e. The molecule has 0 aliphatic rings. The van der Waals surface area contributed by atoms with Gasteiger partial charge in [-0.2, -0.15) is 0 Å². The van der Waals surface area contributed by atoms with Gasteiger partial charge in [0.2, 0.25) is 0 Å². The maximum absolute atomic E-state index is 3.97. The van der Waals surface area contributed by atoms with Gasteiger partial charge in [-0.25, -0.2) is 0 Å². The normalized spacial score (nSPS) is 10.5. The van der Waals surface area contributed by atoms with Gasteiger partial charge in [0.25, 0.3) is 0 Å². The zero-order chi connectivity index (χ0) is 8.69. The fourth-order valence-corrected chi connectivity index (χ4v) is 1.07. The van der Waals surface area contributed by atoms with Crippen LogP contribution in [0.25, 0.3) is 0 Å². The fraction of sp³-hybridized carbons (Fsp3) is 0.600. The maximum Gasteiger partial charge on any atom is 0.0289 e. The number of allylic oxidation sites excluding steroid dienone is 2. The van der Waals surface area contributed by atoms with E-state index in [1.54, 1.807) is 0 Å². The number of rotatable bonds is 5. The Balaban J connectivity index is 3.91. The minimum Gasteiger partial charge on any atom is -0.372 e. The fourth-order valence-electron chi connectivity index (χ4n) is 1.07. The SMILES string of the molecule is C=C(/C=C\C)N(CC)CCC. The van der Waals surface area contributed by atoms with E-state index in [2.05, 4.69) is 31.4 Å². The number of hydrogen-bond acceptors (Lipinski definition) is 1. The number of nitrogens with zero attached hydrogens (tertiary/aromatic N) is 1. The summed E-state index contributed by atoms with van der Waals surface area (Å²) >= 11 is 0. The third-order valence-electron chi connectivity index (χ3n) is 1.64. The Morgan fingerprint density at radius 1 is 1.45 bits per heavy atom. The van der Waals surface area contributed by atoms with Crippen LogP contribution in [0.2, 0.25) is 0 Å². The molecule has 0 atom stereocenters. The lowest BCUT2D eigenvalue weighted by atomic mass is 10.3. The lowest BCUT2D eigenvalue weighted by molar-refractivity contribution is 0.375. The van der Waals surface area contributed by atoms with Crippen LogP contribution in [0.1, 0.15) is 27.2 Å². The summed E-state index contributed by atoms with van der Waals surface area (Å²) in [6.45, 7) is 12.5. The van der Waals surface area contributed by atoms with Gasteiger partial charge >= 0.3 is 0 Å². The Kier molecular flexibility index (Phi) is 5.63. The molecule has 1 heteroatoms. The van der Waals surface area contributed by atoms with Gasteiger partial charge < -0.3 is 4.90 Å². The van der Waals surface area contributed by atoms with Crippen molar-refractivity contribution in [3.63, 3.8) is 0 Å². The minimum atomic E-state index is 1.05. The molecule has 0 saturated heterocycles. The molecule has 1 nitrogen and oxygen atoms in total. The molecule has 11 heavy (non-hydrogen) atoms. The summed E-state index contributed by atoms with van der Waals surface area (Å²) in [4.78, 5) is 2.28. The molecule has 0 aromatic rings. The zero-order valence-corrected chi connectivity index (χ0v) is 7.93. The van der Waals surface area contributed by atoms with E-state index in [-0.39, 0.29) is 0 Å². The topological polar surface area (TPSA) is 3.24 Å². The van der Waals surface area contributed by atoms with Crippen LogP contribution in [0, 0.1) is 0 Å². The summed E-state index contributed by atoms with van der Waals surface area (Å²) in [5, 5.41) is 0. The van der Waals surface area contributed by atoms with Crippen LogP contribution >= 0.6 is 0 Å². The average molecular weight is 153 g/mol. The predicted molar refractivity (Wildman–Crippen MR) is 51.5 cm³/mol. The van der Waals surface area contributed by atoms with Crippen molar-refractivity contribution in [3.8, 4) is 0 Å². The Morgan fingerprint density at radius 2 is 2.09 bits per heavy atom. The molecule has 64 valence electrons. The van der Waals surface area contributed by atoms with Crippen LogP contribution in [-0.4, -0.2) is 18.0 Å². The van der Waals surface area contributed by atoms with Crippen molar-refractivity contribution in [3.05, 3.63) is 24.4 Å².